The van der Waals surface area contributed by atoms with Crippen LogP contribution < -0.4 is 0 Å². The van der Waals surface area contributed by atoms with Gasteiger partial charge >= 0.3 is 0 Å². The molecular weight excluding hydrogens is 158 g/mol. The summed E-state index contributed by atoms with van der Waals surface area (Å²) >= 11 is 0. The minimum atomic E-state index is 1.12. The molecule has 1 nitrogen and oxygen atoms in total. The molecule has 0 aliphatic carbocycles. The highest BCUT2D eigenvalue weighted by molar-refractivity contribution is 5.83. The van der Waals surface area contributed by atoms with Crippen molar-refractivity contribution in [3.8, 4) is 0 Å². The fourth-order valence-electron chi connectivity index (χ4n) is 2.03. The van der Waals surface area contributed by atoms with Crippen molar-refractivity contribution in [2.24, 2.45) is 0 Å². The van der Waals surface area contributed by atoms with Crippen molar-refractivity contribution in [3.63, 3.8) is 0 Å². The quantitative estimate of drug-likeness (QED) is 0.571. The van der Waals surface area contributed by atoms with Gasteiger partial charge in [-0.1, -0.05) is 24.3 Å². The molecule has 0 unspecified atom stereocenters. The van der Waals surface area contributed by atoms with Crippen LogP contribution in [-0.2, 0) is 6.54 Å². The molecule has 0 atom stereocenters. The van der Waals surface area contributed by atoms with Gasteiger partial charge in [0.05, 0.1) is 0 Å². The van der Waals surface area contributed by atoms with Gasteiger partial charge in [-0.25, -0.2) is 0 Å². The van der Waals surface area contributed by atoms with Crippen LogP contribution in [0.5, 0.6) is 0 Å². The Balaban J connectivity index is 2.41. The highest BCUT2D eigenvalue weighted by atomic mass is 15.0. The van der Waals surface area contributed by atoms with Crippen molar-refractivity contribution in [1.29, 1.82) is 0 Å². The molecule has 0 spiro atoms. The van der Waals surface area contributed by atoms with Crippen LogP contribution in [0.3, 0.4) is 0 Å². The molecule has 0 saturated carbocycles. The molecule has 1 aromatic carbocycles. The van der Waals surface area contributed by atoms with Crippen molar-refractivity contribution in [2.75, 3.05) is 0 Å². The Morgan fingerprint density at radius 1 is 1.15 bits per heavy atom. The Morgan fingerprint density at radius 3 is 3.08 bits per heavy atom. The van der Waals surface area contributed by atoms with Crippen molar-refractivity contribution in [3.05, 3.63) is 42.1 Å². The molecule has 0 radical (unpaired) electrons. The average Bonchev–Trinajstić information content (AvgIpc) is 2.56. The molecule has 0 amide bonds. The van der Waals surface area contributed by atoms with Gasteiger partial charge in [-0.3, -0.25) is 0 Å². The second kappa shape index (κ2) is 2.49. The van der Waals surface area contributed by atoms with Crippen molar-refractivity contribution < 1.29 is 0 Å². The third-order valence-corrected chi connectivity index (χ3v) is 2.65. The number of allylic oxidation sites excluding steroid dienone is 1. The van der Waals surface area contributed by atoms with E-state index < -0.39 is 0 Å². The zero-order valence-corrected chi connectivity index (χ0v) is 7.40. The van der Waals surface area contributed by atoms with Crippen LogP contribution >= 0.6 is 0 Å². The Labute approximate surface area is 77.3 Å². The summed E-state index contributed by atoms with van der Waals surface area (Å²) in [5, 5.41) is 1.35. The van der Waals surface area contributed by atoms with Gasteiger partial charge in [-0.05, 0) is 24.6 Å². The van der Waals surface area contributed by atoms with E-state index in [2.05, 4.69) is 47.1 Å². The minimum absolute atomic E-state index is 1.12. The first-order valence-electron chi connectivity index (χ1n) is 4.70. The fourth-order valence-corrected chi connectivity index (χ4v) is 2.03. The van der Waals surface area contributed by atoms with Gasteiger partial charge < -0.3 is 4.57 Å². The first-order chi connectivity index (χ1) is 6.45. The van der Waals surface area contributed by atoms with E-state index in [1.54, 1.807) is 0 Å². The van der Waals surface area contributed by atoms with Gasteiger partial charge in [0.15, 0.2) is 0 Å². The van der Waals surface area contributed by atoms with E-state index in [-0.39, 0.29) is 0 Å². The molecule has 0 bridgehead atoms. The summed E-state index contributed by atoms with van der Waals surface area (Å²) in [4.78, 5) is 0. The summed E-state index contributed by atoms with van der Waals surface area (Å²) in [5.41, 5.74) is 2.70. The van der Waals surface area contributed by atoms with Crippen molar-refractivity contribution in [2.45, 2.75) is 13.0 Å². The van der Waals surface area contributed by atoms with Crippen LogP contribution in [0.2, 0.25) is 0 Å². The number of hydrogen-bond donors (Lipinski definition) is 0. The normalized spacial score (nSPS) is 14.8. The lowest BCUT2D eigenvalue weighted by molar-refractivity contribution is 0.720. The maximum absolute atomic E-state index is 2.38. The average molecular weight is 169 g/mol. The van der Waals surface area contributed by atoms with Crippen LogP contribution in [0.1, 0.15) is 12.1 Å². The van der Waals surface area contributed by atoms with Gasteiger partial charge in [-0.2, -0.15) is 0 Å². The number of hydrogen-bond acceptors (Lipinski definition) is 0. The number of aromatic nitrogens is 1. The van der Waals surface area contributed by atoms with Crippen LogP contribution in [0.25, 0.3) is 17.0 Å². The van der Waals surface area contributed by atoms with Gasteiger partial charge in [0.25, 0.3) is 0 Å². The molecule has 2 aromatic rings. The molecule has 3 rings (SSSR count). The Morgan fingerprint density at radius 2 is 2.08 bits per heavy atom. The lowest BCUT2D eigenvalue weighted by Gasteiger charge is -2.10. The lowest BCUT2D eigenvalue weighted by atomic mass is 10.2. The van der Waals surface area contributed by atoms with E-state index in [1.807, 2.05) is 0 Å². The van der Waals surface area contributed by atoms with E-state index in [1.165, 1.54) is 16.6 Å². The van der Waals surface area contributed by atoms with Crippen LogP contribution in [-0.4, -0.2) is 4.57 Å². The summed E-state index contributed by atoms with van der Waals surface area (Å²) in [5.74, 6) is 0. The van der Waals surface area contributed by atoms with Crippen molar-refractivity contribution >= 4 is 17.0 Å². The number of rotatable bonds is 0. The molecule has 0 saturated heterocycles. The largest absolute Gasteiger partial charge is 0.341 e. The first kappa shape index (κ1) is 6.96. The molecule has 2 heterocycles. The maximum Gasteiger partial charge on any atom is 0.0485 e. The van der Waals surface area contributed by atoms with Gasteiger partial charge in [0, 0.05) is 23.1 Å². The van der Waals surface area contributed by atoms with Crippen LogP contribution in [0.4, 0.5) is 0 Å². The summed E-state index contributed by atoms with van der Waals surface area (Å²) in [6, 6.07) is 10.8. The summed E-state index contributed by atoms with van der Waals surface area (Å²) in [7, 11) is 0. The van der Waals surface area contributed by atoms with E-state index in [4.69, 9.17) is 0 Å². The predicted octanol–water partition coefficient (Wildman–Crippen LogP) is 3.06. The number of fused-ring (bicyclic) bond motifs is 3. The molecule has 64 valence electrons. The molecule has 1 heteroatoms. The summed E-state index contributed by atoms with van der Waals surface area (Å²) in [6.45, 7) is 1.12. The predicted molar refractivity (Wildman–Crippen MR) is 55.6 cm³/mol. The first-order valence-corrected chi connectivity index (χ1v) is 4.70. The van der Waals surface area contributed by atoms with Gasteiger partial charge in [-0.15, -0.1) is 0 Å². The number of benzene rings is 1. The third-order valence-electron chi connectivity index (χ3n) is 2.65. The number of para-hydroxylation sites is 1. The van der Waals surface area contributed by atoms with Crippen LogP contribution in [0.15, 0.2) is 36.4 Å². The standard InChI is InChI=1S/C12H11N/c1-2-7-12-10(5-1)9-11-6-3-4-8-13(11)12/h1-3,5-7,9H,4,8H2. The fraction of sp³-hybridized carbons (Fsp3) is 0.167. The second-order valence-electron chi connectivity index (χ2n) is 3.47. The summed E-state index contributed by atoms with van der Waals surface area (Å²) in [6.07, 6.45) is 5.61. The monoisotopic (exact) mass is 169 g/mol. The van der Waals surface area contributed by atoms with E-state index in [0.717, 1.165) is 13.0 Å². The molecular formula is C12H11N. The number of aryl methyl sites for hydroxylation is 1. The van der Waals surface area contributed by atoms with Crippen LogP contribution in [0, 0.1) is 0 Å². The Hall–Kier alpha value is -1.50. The zero-order valence-electron chi connectivity index (χ0n) is 7.40. The Kier molecular flexibility index (Phi) is 1.33. The molecule has 1 aromatic heterocycles. The van der Waals surface area contributed by atoms with Gasteiger partial charge in [0.1, 0.15) is 0 Å². The molecule has 0 fully saturated rings. The maximum atomic E-state index is 2.38. The smallest absolute Gasteiger partial charge is 0.0485 e. The highest BCUT2D eigenvalue weighted by Crippen LogP contribution is 2.23. The Bertz CT molecular complexity index is 477. The van der Waals surface area contributed by atoms with Gasteiger partial charge in [0.2, 0.25) is 0 Å². The number of nitrogens with zero attached hydrogens (tertiary/aromatic N) is 1. The topological polar surface area (TPSA) is 4.93 Å². The molecule has 1 aliphatic rings. The molecule has 13 heavy (non-hydrogen) atoms. The highest BCUT2D eigenvalue weighted by Gasteiger charge is 2.07. The zero-order chi connectivity index (χ0) is 8.67. The van der Waals surface area contributed by atoms with E-state index in [0.29, 0.717) is 0 Å². The minimum Gasteiger partial charge on any atom is -0.341 e. The second-order valence-corrected chi connectivity index (χ2v) is 3.47. The summed E-state index contributed by atoms with van der Waals surface area (Å²) < 4.78 is 2.38. The van der Waals surface area contributed by atoms with Crippen molar-refractivity contribution in [1.82, 2.24) is 4.57 Å². The SMILES string of the molecule is C1=Cc2cc3ccccc3n2CC1. The molecule has 0 N–H and O–H groups in total. The molecule has 1 aliphatic heterocycles. The van der Waals surface area contributed by atoms with E-state index in [9.17, 15) is 0 Å². The third kappa shape index (κ3) is 0.934. The lowest BCUT2D eigenvalue weighted by Crippen LogP contribution is -2.01. The van der Waals surface area contributed by atoms with E-state index >= 15 is 0 Å².